The first kappa shape index (κ1) is 20.2. The van der Waals surface area contributed by atoms with Crippen molar-refractivity contribution >= 4 is 23.6 Å². The van der Waals surface area contributed by atoms with Crippen molar-refractivity contribution in [3.63, 3.8) is 0 Å². The van der Waals surface area contributed by atoms with Crippen molar-refractivity contribution in [1.82, 2.24) is 20.0 Å². The number of hydrogen-bond donors (Lipinski definition) is 1. The fraction of sp³-hybridized carbons (Fsp3) is 0.389. The van der Waals surface area contributed by atoms with Crippen LogP contribution in [-0.2, 0) is 22.3 Å². The second kappa shape index (κ2) is 7.86. The van der Waals surface area contributed by atoms with Gasteiger partial charge in [0.15, 0.2) is 0 Å². The Balaban J connectivity index is 1.77. The minimum atomic E-state index is -4.58. The summed E-state index contributed by atoms with van der Waals surface area (Å²) in [6, 6.07) is 5.68. The van der Waals surface area contributed by atoms with Crippen LogP contribution in [0.1, 0.15) is 22.5 Å². The van der Waals surface area contributed by atoms with Gasteiger partial charge in [0.25, 0.3) is 0 Å². The van der Waals surface area contributed by atoms with Gasteiger partial charge in [-0.3, -0.25) is 9.59 Å². The van der Waals surface area contributed by atoms with Crippen LogP contribution in [-0.4, -0.2) is 44.7 Å². The van der Waals surface area contributed by atoms with Gasteiger partial charge in [-0.15, -0.1) is 11.8 Å². The third kappa shape index (κ3) is 4.49. The Hall–Kier alpha value is -2.49. The smallest absolute Gasteiger partial charge is 0.350 e. The molecule has 0 saturated carbocycles. The van der Waals surface area contributed by atoms with Crippen LogP contribution in [0.4, 0.5) is 13.2 Å². The number of nitrogens with zero attached hydrogens (tertiary/aromatic N) is 3. The highest BCUT2D eigenvalue weighted by Gasteiger charge is 2.34. The Bertz CT molecular complexity index is 911. The second-order valence-electron chi connectivity index (χ2n) is 6.52. The first-order chi connectivity index (χ1) is 13.1. The summed E-state index contributed by atoms with van der Waals surface area (Å²) in [7, 11) is 0. The van der Waals surface area contributed by atoms with Crippen molar-refractivity contribution in [3.05, 3.63) is 46.8 Å². The maximum Gasteiger partial charge on any atom is 0.416 e. The van der Waals surface area contributed by atoms with Gasteiger partial charge in [0.2, 0.25) is 11.8 Å². The molecule has 0 atom stereocenters. The van der Waals surface area contributed by atoms with Crippen LogP contribution in [0.15, 0.2) is 24.3 Å². The zero-order valence-corrected chi connectivity index (χ0v) is 16.2. The van der Waals surface area contributed by atoms with Gasteiger partial charge in [0.1, 0.15) is 6.54 Å². The number of carbonyl (C=O) groups excluding carboxylic acids is 2. The van der Waals surface area contributed by atoms with E-state index in [0.717, 1.165) is 11.8 Å². The molecule has 0 spiro atoms. The van der Waals surface area contributed by atoms with E-state index in [1.807, 2.05) is 0 Å². The molecule has 0 radical (unpaired) electrons. The lowest BCUT2D eigenvalue weighted by Gasteiger charge is -2.17. The Labute approximate surface area is 164 Å². The quantitative estimate of drug-likeness (QED) is 0.820. The predicted octanol–water partition coefficient (Wildman–Crippen LogP) is 2.66. The molecular formula is C18H19F3N4O2S. The van der Waals surface area contributed by atoms with E-state index in [1.165, 1.54) is 33.5 Å². The summed E-state index contributed by atoms with van der Waals surface area (Å²) in [5.41, 5.74) is 0.850. The fourth-order valence-electron chi connectivity index (χ4n) is 2.97. The lowest BCUT2D eigenvalue weighted by Crippen LogP contribution is -2.38. The van der Waals surface area contributed by atoms with Crippen molar-refractivity contribution in [1.29, 1.82) is 0 Å². The summed E-state index contributed by atoms with van der Waals surface area (Å²) in [6.07, 6.45) is -4.58. The average molecular weight is 412 g/mol. The molecule has 10 heteroatoms. The number of thioether (sulfide) groups is 1. The number of alkyl halides is 3. The molecule has 2 aromatic rings. The van der Waals surface area contributed by atoms with E-state index >= 15 is 0 Å². The SMILES string of the molecule is Cc1cc(C)n(-c2ccc(CNC(=O)CN3CSCC3=O)c(C(F)(F)F)c2)n1. The standard InChI is InChI=1S/C18H19F3N4O2S/c1-11-5-12(2)25(23-11)14-4-3-13(15(6-14)18(19,20)21)7-22-16(26)8-24-10-28-9-17(24)27/h3-6H,7-10H2,1-2H3,(H,22,26). The molecule has 2 amide bonds. The molecule has 1 saturated heterocycles. The van der Waals surface area contributed by atoms with Crippen LogP contribution in [0.2, 0.25) is 0 Å². The zero-order chi connectivity index (χ0) is 20.5. The van der Waals surface area contributed by atoms with Crippen LogP contribution in [0.3, 0.4) is 0 Å². The molecule has 1 N–H and O–H groups in total. The van der Waals surface area contributed by atoms with Crippen LogP contribution < -0.4 is 5.32 Å². The molecule has 1 aliphatic heterocycles. The normalized spacial score (nSPS) is 14.6. The van der Waals surface area contributed by atoms with Gasteiger partial charge < -0.3 is 10.2 Å². The lowest BCUT2D eigenvalue weighted by atomic mass is 10.1. The molecule has 1 aromatic carbocycles. The highest BCUT2D eigenvalue weighted by molar-refractivity contribution is 8.00. The van der Waals surface area contributed by atoms with Gasteiger partial charge in [-0.1, -0.05) is 6.07 Å². The Morgan fingerprint density at radius 3 is 2.61 bits per heavy atom. The fourth-order valence-corrected chi connectivity index (χ4v) is 3.87. The van der Waals surface area contributed by atoms with Crippen molar-refractivity contribution < 1.29 is 22.8 Å². The Kier molecular flexibility index (Phi) is 5.69. The van der Waals surface area contributed by atoms with E-state index in [9.17, 15) is 22.8 Å². The van der Waals surface area contributed by atoms with Gasteiger partial charge in [0, 0.05) is 12.2 Å². The molecule has 28 heavy (non-hydrogen) atoms. The largest absolute Gasteiger partial charge is 0.416 e. The highest BCUT2D eigenvalue weighted by atomic mass is 32.2. The molecule has 1 fully saturated rings. The first-order valence-electron chi connectivity index (χ1n) is 8.51. The zero-order valence-electron chi connectivity index (χ0n) is 15.3. The summed E-state index contributed by atoms with van der Waals surface area (Å²) in [5.74, 6) is 0.0911. The molecule has 0 unspecified atom stereocenters. The predicted molar refractivity (Wildman–Crippen MR) is 98.9 cm³/mol. The van der Waals surface area contributed by atoms with E-state index in [0.29, 0.717) is 23.0 Å². The third-order valence-corrected chi connectivity index (χ3v) is 5.23. The molecule has 1 aliphatic rings. The highest BCUT2D eigenvalue weighted by Crippen LogP contribution is 2.33. The van der Waals surface area contributed by atoms with Gasteiger partial charge >= 0.3 is 6.18 Å². The van der Waals surface area contributed by atoms with Crippen molar-refractivity contribution in [2.45, 2.75) is 26.6 Å². The van der Waals surface area contributed by atoms with Crippen molar-refractivity contribution in [3.8, 4) is 5.69 Å². The Morgan fingerprint density at radius 2 is 2.04 bits per heavy atom. The minimum Gasteiger partial charge on any atom is -0.350 e. The van der Waals surface area contributed by atoms with Crippen LogP contribution in [0.5, 0.6) is 0 Å². The first-order valence-corrected chi connectivity index (χ1v) is 9.66. The number of rotatable bonds is 5. The maximum atomic E-state index is 13.6. The lowest BCUT2D eigenvalue weighted by molar-refractivity contribution is -0.138. The average Bonchev–Trinajstić information content (AvgIpc) is 3.17. The number of aromatic nitrogens is 2. The second-order valence-corrected chi connectivity index (χ2v) is 7.48. The van der Waals surface area contributed by atoms with E-state index in [-0.39, 0.29) is 24.6 Å². The van der Waals surface area contributed by atoms with E-state index in [2.05, 4.69) is 10.4 Å². The van der Waals surface area contributed by atoms with Crippen LogP contribution in [0, 0.1) is 13.8 Å². The topological polar surface area (TPSA) is 67.2 Å². The van der Waals surface area contributed by atoms with Crippen molar-refractivity contribution in [2.75, 3.05) is 18.2 Å². The number of amides is 2. The summed E-state index contributed by atoms with van der Waals surface area (Å²) < 4.78 is 42.1. The molecular weight excluding hydrogens is 393 g/mol. The summed E-state index contributed by atoms with van der Waals surface area (Å²) in [4.78, 5) is 24.9. The number of benzene rings is 1. The molecule has 150 valence electrons. The number of halogens is 3. The number of aryl methyl sites for hydroxylation is 2. The molecule has 0 bridgehead atoms. The van der Waals surface area contributed by atoms with Gasteiger partial charge in [-0.05, 0) is 37.6 Å². The maximum absolute atomic E-state index is 13.6. The number of carbonyl (C=O) groups is 2. The van der Waals surface area contributed by atoms with E-state index < -0.39 is 17.6 Å². The van der Waals surface area contributed by atoms with Crippen LogP contribution >= 0.6 is 11.8 Å². The van der Waals surface area contributed by atoms with Gasteiger partial charge in [0.05, 0.1) is 28.6 Å². The molecule has 0 aliphatic carbocycles. The van der Waals surface area contributed by atoms with E-state index in [4.69, 9.17) is 0 Å². The summed E-state index contributed by atoms with van der Waals surface area (Å²) >= 11 is 1.39. The molecule has 1 aromatic heterocycles. The molecule has 2 heterocycles. The van der Waals surface area contributed by atoms with Crippen LogP contribution in [0.25, 0.3) is 5.69 Å². The van der Waals surface area contributed by atoms with Crippen molar-refractivity contribution in [2.24, 2.45) is 0 Å². The Morgan fingerprint density at radius 1 is 1.29 bits per heavy atom. The number of nitrogens with one attached hydrogen (secondary N) is 1. The minimum absolute atomic E-state index is 0.0479. The summed E-state index contributed by atoms with van der Waals surface area (Å²) in [6.45, 7) is 3.10. The van der Waals surface area contributed by atoms with Gasteiger partial charge in [-0.25, -0.2) is 4.68 Å². The monoisotopic (exact) mass is 412 g/mol. The van der Waals surface area contributed by atoms with E-state index in [1.54, 1.807) is 19.9 Å². The molecule has 3 rings (SSSR count). The third-order valence-electron chi connectivity index (χ3n) is 4.29. The van der Waals surface area contributed by atoms with Gasteiger partial charge in [-0.2, -0.15) is 18.3 Å². The molecule has 6 nitrogen and oxygen atoms in total. The number of hydrogen-bond acceptors (Lipinski definition) is 4. The summed E-state index contributed by atoms with van der Waals surface area (Å²) in [5, 5.41) is 6.68.